The maximum absolute atomic E-state index is 12.3. The summed E-state index contributed by atoms with van der Waals surface area (Å²) in [5, 5.41) is 0. The van der Waals surface area contributed by atoms with Crippen molar-refractivity contribution in [3.63, 3.8) is 0 Å². The van der Waals surface area contributed by atoms with Gasteiger partial charge in [-0.2, -0.15) is 0 Å². The molecule has 1 heterocycles. The van der Waals surface area contributed by atoms with E-state index >= 15 is 0 Å². The van der Waals surface area contributed by atoms with Gasteiger partial charge in [-0.05, 0) is 67.8 Å². The van der Waals surface area contributed by atoms with Gasteiger partial charge in [0.05, 0.1) is 32.0 Å². The molecule has 1 fully saturated rings. The van der Waals surface area contributed by atoms with Crippen molar-refractivity contribution < 1.29 is 33.3 Å². The lowest BCUT2D eigenvalue weighted by Crippen LogP contribution is -2.43. The first-order valence-corrected chi connectivity index (χ1v) is 10.9. The van der Waals surface area contributed by atoms with Crippen LogP contribution in [0.25, 0.3) is 0 Å². The summed E-state index contributed by atoms with van der Waals surface area (Å²) in [4.78, 5) is 22.6. The number of benzene rings is 2. The van der Waals surface area contributed by atoms with Crippen LogP contribution >= 0.6 is 0 Å². The maximum Gasteiger partial charge on any atom is 0.343 e. The molecular weight excluding hydrogens is 412 g/mol. The monoisotopic (exact) mass is 442 g/mol. The van der Waals surface area contributed by atoms with Gasteiger partial charge in [0.15, 0.2) is 0 Å². The Hall–Kier alpha value is -2.90. The average Bonchev–Trinajstić information content (AvgIpc) is 2.78. The molecule has 0 radical (unpaired) electrons. The summed E-state index contributed by atoms with van der Waals surface area (Å²) in [6, 6.07) is 13.1. The summed E-state index contributed by atoms with van der Waals surface area (Å²) in [5.74, 6) is 0.992. The molecule has 0 unspecified atom stereocenters. The summed E-state index contributed by atoms with van der Waals surface area (Å²) in [5.41, 5.74) is 0.645. The third-order valence-corrected chi connectivity index (χ3v) is 5.11. The zero-order valence-corrected chi connectivity index (χ0v) is 18.4. The molecule has 0 aromatic heterocycles. The Morgan fingerprint density at radius 2 is 1.53 bits per heavy atom. The van der Waals surface area contributed by atoms with Crippen molar-refractivity contribution >= 4 is 12.4 Å². The second-order valence-electron chi connectivity index (χ2n) is 8.22. The molecule has 0 N–H and O–H groups in total. The van der Waals surface area contributed by atoms with Crippen molar-refractivity contribution in [2.75, 3.05) is 33.0 Å². The van der Waals surface area contributed by atoms with Crippen LogP contribution in [0.15, 0.2) is 48.5 Å². The fourth-order valence-corrected chi connectivity index (χ4v) is 3.20. The fourth-order valence-electron chi connectivity index (χ4n) is 3.20. The lowest BCUT2D eigenvalue weighted by molar-refractivity contribution is -0.137. The van der Waals surface area contributed by atoms with E-state index in [0.717, 1.165) is 57.9 Å². The number of carbonyl (C=O) groups is 2. The minimum absolute atomic E-state index is 0.221. The topological polar surface area (TPSA) is 80.3 Å². The molecule has 0 aliphatic carbocycles. The molecule has 172 valence electrons. The Bertz CT molecular complexity index is 842. The summed E-state index contributed by atoms with van der Waals surface area (Å²) >= 11 is 0. The molecule has 1 aliphatic heterocycles. The zero-order valence-electron chi connectivity index (χ0n) is 18.4. The molecular formula is C25H30O7. The normalized spacial score (nSPS) is 14.3. The van der Waals surface area contributed by atoms with E-state index in [1.54, 1.807) is 48.5 Å². The van der Waals surface area contributed by atoms with E-state index in [-0.39, 0.29) is 5.41 Å². The van der Waals surface area contributed by atoms with E-state index in [4.69, 9.17) is 23.7 Å². The first kappa shape index (κ1) is 23.8. The van der Waals surface area contributed by atoms with Crippen LogP contribution in [0.4, 0.5) is 0 Å². The highest BCUT2D eigenvalue weighted by Crippen LogP contribution is 2.26. The van der Waals surface area contributed by atoms with Crippen LogP contribution in [0.2, 0.25) is 0 Å². The third kappa shape index (κ3) is 7.66. The number of hydrogen-bond acceptors (Lipinski definition) is 7. The minimum Gasteiger partial charge on any atom is -0.494 e. The first-order valence-electron chi connectivity index (χ1n) is 10.9. The number of rotatable bonds is 14. The summed E-state index contributed by atoms with van der Waals surface area (Å²) < 4.78 is 26.7. The molecule has 2 aromatic carbocycles. The Morgan fingerprint density at radius 3 is 2.16 bits per heavy atom. The maximum atomic E-state index is 12.3. The predicted molar refractivity (Wildman–Crippen MR) is 118 cm³/mol. The van der Waals surface area contributed by atoms with Crippen LogP contribution < -0.4 is 14.2 Å². The van der Waals surface area contributed by atoms with Gasteiger partial charge in [0.25, 0.3) is 6.47 Å². The average molecular weight is 443 g/mol. The van der Waals surface area contributed by atoms with Gasteiger partial charge in [-0.1, -0.05) is 13.3 Å². The van der Waals surface area contributed by atoms with Crippen LogP contribution in [-0.4, -0.2) is 45.5 Å². The van der Waals surface area contributed by atoms with Crippen LogP contribution in [0, 0.1) is 5.41 Å². The zero-order chi connectivity index (χ0) is 22.7. The number of esters is 1. The Labute approximate surface area is 188 Å². The smallest absolute Gasteiger partial charge is 0.343 e. The van der Waals surface area contributed by atoms with Crippen molar-refractivity contribution in [2.24, 2.45) is 5.41 Å². The quantitative estimate of drug-likeness (QED) is 0.185. The lowest BCUT2D eigenvalue weighted by atomic mass is 9.90. The molecule has 1 saturated heterocycles. The first-order chi connectivity index (χ1) is 15.6. The van der Waals surface area contributed by atoms with Crippen molar-refractivity contribution in [1.29, 1.82) is 0 Å². The molecule has 7 heteroatoms. The summed E-state index contributed by atoms with van der Waals surface area (Å²) in [6.07, 6.45) is 4.23. The van der Waals surface area contributed by atoms with Gasteiger partial charge in [-0.15, -0.1) is 0 Å². The van der Waals surface area contributed by atoms with E-state index in [2.05, 4.69) is 6.92 Å². The van der Waals surface area contributed by atoms with E-state index in [9.17, 15) is 9.59 Å². The SMILES string of the molecule is CC1(COCCCCCCOc2ccc(C(=O)Oc3ccc(OC=O)cc3)cc2)COC1. The highest BCUT2D eigenvalue weighted by atomic mass is 16.5. The number of carbonyl (C=O) groups excluding carboxylic acids is 2. The van der Waals surface area contributed by atoms with Crippen molar-refractivity contribution in [3.8, 4) is 17.2 Å². The standard InChI is InChI=1S/C25H30O7/c1-25(17-29-18-25)16-28-14-4-2-3-5-15-30-21-8-6-20(7-9-21)24(27)32-23-12-10-22(11-13-23)31-19-26/h6-13,19H,2-5,14-18H2,1H3. The van der Waals surface area contributed by atoms with E-state index in [0.29, 0.717) is 30.1 Å². The van der Waals surface area contributed by atoms with E-state index in [1.807, 2.05) is 0 Å². The predicted octanol–water partition coefficient (Wildman–Crippen LogP) is 4.43. The van der Waals surface area contributed by atoms with E-state index < -0.39 is 5.97 Å². The second-order valence-corrected chi connectivity index (χ2v) is 8.22. The highest BCUT2D eigenvalue weighted by molar-refractivity contribution is 5.91. The van der Waals surface area contributed by atoms with Crippen LogP contribution in [0.5, 0.6) is 17.2 Å². The van der Waals surface area contributed by atoms with Gasteiger partial charge < -0.3 is 23.7 Å². The molecule has 2 aromatic rings. The molecule has 1 aliphatic rings. The molecule has 0 saturated carbocycles. The second kappa shape index (κ2) is 12.2. The molecule has 3 rings (SSSR count). The summed E-state index contributed by atoms with van der Waals surface area (Å²) in [6.45, 7) is 6.35. The van der Waals surface area contributed by atoms with Crippen molar-refractivity contribution in [1.82, 2.24) is 0 Å². The van der Waals surface area contributed by atoms with Crippen LogP contribution in [0.1, 0.15) is 43.0 Å². The fraction of sp³-hybridized carbons (Fsp3) is 0.440. The number of ether oxygens (including phenoxy) is 5. The van der Waals surface area contributed by atoms with Crippen LogP contribution in [0.3, 0.4) is 0 Å². The van der Waals surface area contributed by atoms with Gasteiger partial charge in [0.2, 0.25) is 0 Å². The minimum atomic E-state index is -0.471. The van der Waals surface area contributed by atoms with Crippen molar-refractivity contribution in [3.05, 3.63) is 54.1 Å². The van der Waals surface area contributed by atoms with Gasteiger partial charge in [0, 0.05) is 12.0 Å². The Balaban J connectivity index is 1.27. The van der Waals surface area contributed by atoms with Crippen molar-refractivity contribution in [2.45, 2.75) is 32.6 Å². The largest absolute Gasteiger partial charge is 0.494 e. The lowest BCUT2D eigenvalue weighted by Gasteiger charge is -2.37. The van der Waals surface area contributed by atoms with Gasteiger partial charge in [-0.3, -0.25) is 4.79 Å². The van der Waals surface area contributed by atoms with E-state index in [1.165, 1.54) is 0 Å². The molecule has 0 spiro atoms. The highest BCUT2D eigenvalue weighted by Gasteiger charge is 2.33. The molecule has 0 amide bonds. The molecule has 0 bridgehead atoms. The third-order valence-electron chi connectivity index (χ3n) is 5.11. The van der Waals surface area contributed by atoms with Gasteiger partial charge >= 0.3 is 5.97 Å². The Morgan fingerprint density at radius 1 is 0.906 bits per heavy atom. The molecule has 32 heavy (non-hydrogen) atoms. The summed E-state index contributed by atoms with van der Waals surface area (Å²) in [7, 11) is 0. The van der Waals surface area contributed by atoms with Gasteiger partial charge in [0.1, 0.15) is 17.2 Å². The molecule has 0 atom stereocenters. The molecule has 7 nitrogen and oxygen atoms in total. The number of unbranched alkanes of at least 4 members (excludes halogenated alkanes) is 3. The number of hydrogen-bond donors (Lipinski definition) is 0. The Kier molecular flexibility index (Phi) is 9.07. The van der Waals surface area contributed by atoms with Crippen LogP contribution in [-0.2, 0) is 14.3 Å². The van der Waals surface area contributed by atoms with Gasteiger partial charge in [-0.25, -0.2) is 4.79 Å².